The van der Waals surface area contributed by atoms with E-state index in [1.54, 1.807) is 6.20 Å². The highest BCUT2D eigenvalue weighted by atomic mass is 16.2. The van der Waals surface area contributed by atoms with Gasteiger partial charge in [0.15, 0.2) is 0 Å². The first-order chi connectivity index (χ1) is 9.78. The van der Waals surface area contributed by atoms with Gasteiger partial charge in [0.25, 0.3) is 0 Å². The molecule has 0 unspecified atom stereocenters. The van der Waals surface area contributed by atoms with Crippen LogP contribution in [-0.2, 0) is 17.9 Å². The molecule has 0 aliphatic rings. The molecule has 20 heavy (non-hydrogen) atoms. The lowest BCUT2D eigenvalue weighted by Gasteiger charge is -2.05. The normalized spacial score (nSPS) is 9.65. The highest BCUT2D eigenvalue weighted by molar-refractivity contribution is 5.75. The van der Waals surface area contributed by atoms with Crippen LogP contribution >= 0.6 is 0 Å². The second kappa shape index (κ2) is 7.07. The Balaban J connectivity index is 1.88. The molecule has 2 aromatic rings. The fraction of sp³-hybridized carbons (Fsp3) is 0.214. The molecule has 1 heterocycles. The molecule has 0 radical (unpaired) electrons. The fourth-order valence-electron chi connectivity index (χ4n) is 1.62. The van der Waals surface area contributed by atoms with Gasteiger partial charge in [-0.05, 0) is 17.7 Å². The molecule has 1 aromatic heterocycles. The Kier molecular flexibility index (Phi) is 4.87. The lowest BCUT2D eigenvalue weighted by Crippen LogP contribution is -2.27. The van der Waals surface area contributed by atoms with Gasteiger partial charge < -0.3 is 10.4 Å². The summed E-state index contributed by atoms with van der Waals surface area (Å²) in [6, 6.07) is 7.49. The molecule has 2 rings (SSSR count). The maximum absolute atomic E-state index is 11.7. The van der Waals surface area contributed by atoms with Crippen LogP contribution in [0.1, 0.15) is 11.1 Å². The molecule has 6 nitrogen and oxygen atoms in total. The summed E-state index contributed by atoms with van der Waals surface area (Å²) in [6.07, 6.45) is 3.15. The van der Waals surface area contributed by atoms with Crippen LogP contribution in [0.4, 0.5) is 0 Å². The number of aliphatic hydroxyl groups excluding tert-OH is 1. The largest absolute Gasteiger partial charge is 0.384 e. The SMILES string of the molecule is O=C(Cn1ccnn1)NCc1cccc(C#CCO)c1. The molecule has 0 fully saturated rings. The van der Waals surface area contributed by atoms with Crippen LogP contribution in [0.25, 0.3) is 0 Å². The van der Waals surface area contributed by atoms with Crippen molar-refractivity contribution in [3.8, 4) is 11.8 Å². The molecule has 1 aromatic carbocycles. The number of carbonyl (C=O) groups is 1. The van der Waals surface area contributed by atoms with E-state index in [4.69, 9.17) is 5.11 Å². The number of amides is 1. The van der Waals surface area contributed by atoms with E-state index in [1.165, 1.54) is 10.9 Å². The number of aliphatic hydroxyl groups is 1. The zero-order chi connectivity index (χ0) is 14.2. The van der Waals surface area contributed by atoms with Gasteiger partial charge in [0, 0.05) is 18.3 Å². The van der Waals surface area contributed by atoms with Gasteiger partial charge in [-0.15, -0.1) is 5.10 Å². The summed E-state index contributed by atoms with van der Waals surface area (Å²) in [5, 5.41) is 18.8. The van der Waals surface area contributed by atoms with Gasteiger partial charge in [-0.25, -0.2) is 4.68 Å². The number of benzene rings is 1. The maximum atomic E-state index is 11.7. The summed E-state index contributed by atoms with van der Waals surface area (Å²) in [4.78, 5) is 11.7. The summed E-state index contributed by atoms with van der Waals surface area (Å²) in [6.45, 7) is 0.394. The standard InChI is InChI=1S/C14H14N4O2/c19-8-2-5-12-3-1-4-13(9-12)10-15-14(20)11-18-7-6-16-17-18/h1,3-4,6-7,9,19H,8,10-11H2,(H,15,20). The minimum Gasteiger partial charge on any atom is -0.384 e. The summed E-state index contributed by atoms with van der Waals surface area (Å²) >= 11 is 0. The van der Waals surface area contributed by atoms with Gasteiger partial charge >= 0.3 is 0 Å². The summed E-state index contributed by atoms with van der Waals surface area (Å²) in [5.41, 5.74) is 1.75. The molecule has 0 bridgehead atoms. The van der Waals surface area contributed by atoms with E-state index in [0.717, 1.165) is 11.1 Å². The average Bonchev–Trinajstić information content (AvgIpc) is 2.96. The van der Waals surface area contributed by atoms with Crippen LogP contribution in [0.5, 0.6) is 0 Å². The van der Waals surface area contributed by atoms with E-state index >= 15 is 0 Å². The van der Waals surface area contributed by atoms with Gasteiger partial charge in [-0.1, -0.05) is 29.2 Å². The molecule has 0 saturated carbocycles. The zero-order valence-electron chi connectivity index (χ0n) is 10.8. The molecular weight excluding hydrogens is 256 g/mol. The molecular formula is C14H14N4O2. The van der Waals surface area contributed by atoms with Crippen molar-refractivity contribution in [1.29, 1.82) is 0 Å². The number of hydrogen-bond acceptors (Lipinski definition) is 4. The first-order valence-corrected chi connectivity index (χ1v) is 6.07. The quantitative estimate of drug-likeness (QED) is 0.763. The summed E-state index contributed by atoms with van der Waals surface area (Å²) in [5.74, 6) is 5.27. The Morgan fingerprint density at radius 2 is 2.35 bits per heavy atom. The van der Waals surface area contributed by atoms with Crippen LogP contribution in [0.15, 0.2) is 36.7 Å². The molecule has 0 saturated heterocycles. The zero-order valence-corrected chi connectivity index (χ0v) is 10.8. The van der Waals surface area contributed by atoms with E-state index in [0.29, 0.717) is 6.54 Å². The van der Waals surface area contributed by atoms with E-state index in [2.05, 4.69) is 27.5 Å². The molecule has 0 spiro atoms. The van der Waals surface area contributed by atoms with Crippen molar-refractivity contribution in [3.63, 3.8) is 0 Å². The number of aromatic nitrogens is 3. The predicted molar refractivity (Wildman–Crippen MR) is 72.3 cm³/mol. The third kappa shape index (κ3) is 4.23. The van der Waals surface area contributed by atoms with Gasteiger partial charge in [-0.3, -0.25) is 4.79 Å². The second-order valence-corrected chi connectivity index (χ2v) is 4.04. The first-order valence-electron chi connectivity index (χ1n) is 6.07. The van der Waals surface area contributed by atoms with Crippen LogP contribution < -0.4 is 5.32 Å². The number of carbonyl (C=O) groups excluding carboxylic acids is 1. The summed E-state index contributed by atoms with van der Waals surface area (Å²) < 4.78 is 1.46. The third-order valence-electron chi connectivity index (χ3n) is 2.51. The van der Waals surface area contributed by atoms with Crippen molar-refractivity contribution in [3.05, 3.63) is 47.8 Å². The van der Waals surface area contributed by atoms with E-state index < -0.39 is 0 Å². The molecule has 1 amide bonds. The first kappa shape index (κ1) is 13.8. The average molecular weight is 270 g/mol. The van der Waals surface area contributed by atoms with Gasteiger partial charge in [0.2, 0.25) is 5.91 Å². The van der Waals surface area contributed by atoms with Gasteiger partial charge in [0.1, 0.15) is 13.2 Å². The number of nitrogens with one attached hydrogen (secondary N) is 1. The van der Waals surface area contributed by atoms with E-state index in [1.807, 2.05) is 24.3 Å². The van der Waals surface area contributed by atoms with Crippen molar-refractivity contribution >= 4 is 5.91 Å². The topological polar surface area (TPSA) is 80.0 Å². The Morgan fingerprint density at radius 1 is 1.45 bits per heavy atom. The minimum atomic E-state index is -0.168. The highest BCUT2D eigenvalue weighted by Gasteiger charge is 2.03. The Morgan fingerprint density at radius 3 is 3.10 bits per heavy atom. The van der Waals surface area contributed by atoms with Crippen molar-refractivity contribution in [2.75, 3.05) is 6.61 Å². The van der Waals surface area contributed by atoms with E-state index in [9.17, 15) is 4.79 Å². The van der Waals surface area contributed by atoms with Crippen molar-refractivity contribution in [1.82, 2.24) is 20.3 Å². The Labute approximate surface area is 116 Å². The number of hydrogen-bond donors (Lipinski definition) is 2. The smallest absolute Gasteiger partial charge is 0.242 e. The van der Waals surface area contributed by atoms with Crippen LogP contribution in [0.3, 0.4) is 0 Å². The summed E-state index contributed by atoms with van der Waals surface area (Å²) in [7, 11) is 0. The van der Waals surface area contributed by atoms with Crippen LogP contribution in [0, 0.1) is 11.8 Å². The molecule has 0 aliphatic heterocycles. The van der Waals surface area contributed by atoms with E-state index in [-0.39, 0.29) is 19.1 Å². The highest BCUT2D eigenvalue weighted by Crippen LogP contribution is 2.03. The van der Waals surface area contributed by atoms with Crippen molar-refractivity contribution in [2.45, 2.75) is 13.1 Å². The molecule has 2 N–H and O–H groups in total. The third-order valence-corrected chi connectivity index (χ3v) is 2.51. The van der Waals surface area contributed by atoms with Crippen LogP contribution in [0.2, 0.25) is 0 Å². The molecule has 102 valence electrons. The van der Waals surface area contributed by atoms with Crippen molar-refractivity contribution < 1.29 is 9.90 Å². The molecule has 0 atom stereocenters. The molecule has 0 aliphatic carbocycles. The lowest BCUT2D eigenvalue weighted by atomic mass is 10.1. The van der Waals surface area contributed by atoms with Crippen molar-refractivity contribution in [2.24, 2.45) is 0 Å². The fourth-order valence-corrected chi connectivity index (χ4v) is 1.62. The minimum absolute atomic E-state index is 0.137. The monoisotopic (exact) mass is 270 g/mol. The predicted octanol–water partition coefficient (Wildman–Crippen LogP) is -0.0617. The van der Waals surface area contributed by atoms with Gasteiger partial charge in [0.05, 0.1) is 6.20 Å². The van der Waals surface area contributed by atoms with Crippen LogP contribution in [-0.4, -0.2) is 32.6 Å². The Hall–Kier alpha value is -2.65. The lowest BCUT2D eigenvalue weighted by molar-refractivity contribution is -0.122. The Bertz CT molecular complexity index is 626. The van der Waals surface area contributed by atoms with Gasteiger partial charge in [-0.2, -0.15) is 0 Å². The number of nitrogens with zero attached hydrogens (tertiary/aromatic N) is 3. The maximum Gasteiger partial charge on any atom is 0.242 e. The second-order valence-electron chi connectivity index (χ2n) is 4.04. The molecule has 6 heteroatoms. The number of rotatable bonds is 4.